The lowest BCUT2D eigenvalue weighted by atomic mass is 10.0. The van der Waals surface area contributed by atoms with Crippen LogP contribution in [0.4, 0.5) is 4.79 Å². The van der Waals surface area contributed by atoms with Crippen LogP contribution in [0.5, 0.6) is 0 Å². The van der Waals surface area contributed by atoms with E-state index < -0.39 is 0 Å². The van der Waals surface area contributed by atoms with E-state index in [1.54, 1.807) is 0 Å². The molecule has 1 unspecified atom stereocenters. The second-order valence-electron chi connectivity index (χ2n) is 7.73. The first kappa shape index (κ1) is 18.1. The third-order valence-electron chi connectivity index (χ3n) is 5.69. The molecule has 1 saturated heterocycles. The molecule has 4 rings (SSSR count). The van der Waals surface area contributed by atoms with Crippen molar-refractivity contribution in [1.29, 1.82) is 0 Å². The lowest BCUT2D eigenvalue weighted by molar-refractivity contribution is 0.0894. The lowest BCUT2D eigenvalue weighted by Gasteiger charge is -2.41. The molecule has 1 saturated carbocycles. The summed E-state index contributed by atoms with van der Waals surface area (Å²) in [6, 6.07) is 22.0. The summed E-state index contributed by atoms with van der Waals surface area (Å²) in [5.41, 5.74) is 2.57. The van der Waals surface area contributed by atoms with Crippen molar-refractivity contribution in [3.8, 4) is 0 Å². The molecule has 142 valence electrons. The highest BCUT2D eigenvalue weighted by Gasteiger charge is 2.37. The summed E-state index contributed by atoms with van der Waals surface area (Å²) >= 11 is 0. The zero-order chi connectivity index (χ0) is 18.5. The van der Waals surface area contributed by atoms with Crippen LogP contribution in [0.2, 0.25) is 0 Å². The van der Waals surface area contributed by atoms with Gasteiger partial charge in [-0.2, -0.15) is 0 Å². The van der Waals surface area contributed by atoms with Gasteiger partial charge in [-0.1, -0.05) is 60.7 Å². The normalized spacial score (nSPS) is 20.4. The second-order valence-corrected chi connectivity index (χ2v) is 7.73. The van der Waals surface area contributed by atoms with Crippen LogP contribution in [0.15, 0.2) is 60.7 Å². The zero-order valence-corrected chi connectivity index (χ0v) is 15.9. The predicted octanol–water partition coefficient (Wildman–Crippen LogP) is 3.33. The Morgan fingerprint density at radius 1 is 0.926 bits per heavy atom. The minimum absolute atomic E-state index is 0.0855. The van der Waals surface area contributed by atoms with Crippen molar-refractivity contribution in [2.75, 3.05) is 26.2 Å². The SMILES string of the molecule is O=C(NCCc1ccccc1)N1CCN(C2CC2)CC1Cc1ccccc1. The molecule has 2 amide bonds. The summed E-state index contributed by atoms with van der Waals surface area (Å²) in [6.07, 6.45) is 4.44. The Kier molecular flexibility index (Phi) is 5.73. The summed E-state index contributed by atoms with van der Waals surface area (Å²) in [4.78, 5) is 17.5. The number of hydrogen-bond donors (Lipinski definition) is 1. The highest BCUT2D eigenvalue weighted by molar-refractivity contribution is 5.74. The Labute approximate surface area is 162 Å². The van der Waals surface area contributed by atoms with Crippen molar-refractivity contribution < 1.29 is 4.79 Å². The fourth-order valence-electron chi connectivity index (χ4n) is 4.04. The molecule has 1 atom stereocenters. The maximum absolute atomic E-state index is 12.9. The molecular weight excluding hydrogens is 334 g/mol. The van der Waals surface area contributed by atoms with Crippen LogP contribution >= 0.6 is 0 Å². The van der Waals surface area contributed by atoms with Crippen LogP contribution in [0.3, 0.4) is 0 Å². The van der Waals surface area contributed by atoms with Crippen molar-refractivity contribution in [3.63, 3.8) is 0 Å². The van der Waals surface area contributed by atoms with Crippen LogP contribution in [-0.4, -0.2) is 54.1 Å². The van der Waals surface area contributed by atoms with E-state index in [-0.39, 0.29) is 12.1 Å². The van der Waals surface area contributed by atoms with Gasteiger partial charge in [-0.15, -0.1) is 0 Å². The molecule has 1 aliphatic heterocycles. The first-order valence-corrected chi connectivity index (χ1v) is 10.2. The van der Waals surface area contributed by atoms with E-state index in [4.69, 9.17) is 0 Å². The first-order chi connectivity index (χ1) is 13.3. The molecule has 4 nitrogen and oxygen atoms in total. The highest BCUT2D eigenvalue weighted by Crippen LogP contribution is 2.29. The molecule has 0 aromatic heterocycles. The van der Waals surface area contributed by atoms with Gasteiger partial charge in [0.2, 0.25) is 0 Å². The fraction of sp³-hybridized carbons (Fsp3) is 0.435. The van der Waals surface area contributed by atoms with Gasteiger partial charge in [0.1, 0.15) is 0 Å². The quantitative estimate of drug-likeness (QED) is 0.854. The Morgan fingerprint density at radius 2 is 1.59 bits per heavy atom. The highest BCUT2D eigenvalue weighted by atomic mass is 16.2. The van der Waals surface area contributed by atoms with E-state index >= 15 is 0 Å². The van der Waals surface area contributed by atoms with E-state index in [1.165, 1.54) is 24.0 Å². The minimum Gasteiger partial charge on any atom is -0.338 e. The van der Waals surface area contributed by atoms with E-state index in [0.29, 0.717) is 6.54 Å². The summed E-state index contributed by atoms with van der Waals surface area (Å²) in [5.74, 6) is 0. The molecule has 4 heteroatoms. The number of rotatable bonds is 6. The monoisotopic (exact) mass is 363 g/mol. The number of piperazine rings is 1. The van der Waals surface area contributed by atoms with Crippen molar-refractivity contribution in [2.24, 2.45) is 0 Å². The third-order valence-corrected chi connectivity index (χ3v) is 5.69. The van der Waals surface area contributed by atoms with Gasteiger partial charge < -0.3 is 10.2 Å². The van der Waals surface area contributed by atoms with Crippen LogP contribution in [0, 0.1) is 0 Å². The molecule has 2 aromatic rings. The van der Waals surface area contributed by atoms with Crippen molar-refractivity contribution in [3.05, 3.63) is 71.8 Å². The Bertz CT molecular complexity index is 730. The molecule has 2 aromatic carbocycles. The van der Waals surface area contributed by atoms with Gasteiger partial charge in [-0.25, -0.2) is 4.79 Å². The minimum atomic E-state index is 0.0855. The van der Waals surface area contributed by atoms with Gasteiger partial charge >= 0.3 is 6.03 Å². The number of carbonyl (C=O) groups excluding carboxylic acids is 1. The molecule has 27 heavy (non-hydrogen) atoms. The number of carbonyl (C=O) groups is 1. The van der Waals surface area contributed by atoms with Crippen LogP contribution < -0.4 is 5.32 Å². The molecular formula is C23H29N3O. The van der Waals surface area contributed by atoms with Gasteiger partial charge in [0.05, 0.1) is 6.04 Å². The Hall–Kier alpha value is -2.33. The summed E-state index contributed by atoms with van der Waals surface area (Å²) < 4.78 is 0. The second kappa shape index (κ2) is 8.57. The number of nitrogens with zero attached hydrogens (tertiary/aromatic N) is 2. The van der Waals surface area contributed by atoms with Crippen molar-refractivity contribution in [1.82, 2.24) is 15.1 Å². The smallest absolute Gasteiger partial charge is 0.317 e. The predicted molar refractivity (Wildman–Crippen MR) is 109 cm³/mol. The topological polar surface area (TPSA) is 35.6 Å². The third kappa shape index (κ3) is 4.89. The molecule has 0 bridgehead atoms. The van der Waals surface area contributed by atoms with E-state index in [1.807, 2.05) is 18.2 Å². The Balaban J connectivity index is 1.36. The molecule has 2 aliphatic rings. The number of nitrogens with one attached hydrogen (secondary N) is 1. The molecule has 2 fully saturated rings. The number of urea groups is 1. The molecule has 1 aliphatic carbocycles. The fourth-order valence-corrected chi connectivity index (χ4v) is 4.04. The van der Waals surface area contributed by atoms with Crippen molar-refractivity contribution in [2.45, 2.75) is 37.8 Å². The molecule has 0 radical (unpaired) electrons. The average molecular weight is 364 g/mol. The van der Waals surface area contributed by atoms with Gasteiger partial charge in [-0.3, -0.25) is 4.90 Å². The molecule has 1 N–H and O–H groups in total. The van der Waals surface area contributed by atoms with Gasteiger partial charge in [0.15, 0.2) is 0 Å². The zero-order valence-electron chi connectivity index (χ0n) is 15.9. The van der Waals surface area contributed by atoms with E-state index in [9.17, 15) is 4.79 Å². The standard InChI is InChI=1S/C23H29N3O/c27-23(24-14-13-19-7-3-1-4-8-19)26-16-15-25(21-11-12-21)18-22(26)17-20-9-5-2-6-10-20/h1-10,21-22H,11-18H2,(H,24,27). The maximum Gasteiger partial charge on any atom is 0.317 e. The van der Waals surface area contributed by atoms with Crippen molar-refractivity contribution >= 4 is 6.03 Å². The van der Waals surface area contributed by atoms with Crippen LogP contribution in [-0.2, 0) is 12.8 Å². The maximum atomic E-state index is 12.9. The van der Waals surface area contributed by atoms with E-state index in [2.05, 4.69) is 57.6 Å². The first-order valence-electron chi connectivity index (χ1n) is 10.2. The van der Waals surface area contributed by atoms with E-state index in [0.717, 1.165) is 38.5 Å². The van der Waals surface area contributed by atoms with Gasteiger partial charge in [0.25, 0.3) is 0 Å². The van der Waals surface area contributed by atoms with Gasteiger partial charge in [0, 0.05) is 32.2 Å². The number of hydrogen-bond acceptors (Lipinski definition) is 2. The average Bonchev–Trinajstić information content (AvgIpc) is 3.55. The largest absolute Gasteiger partial charge is 0.338 e. The lowest BCUT2D eigenvalue weighted by Crippen LogP contribution is -2.58. The van der Waals surface area contributed by atoms with Gasteiger partial charge in [-0.05, 0) is 36.8 Å². The summed E-state index contributed by atoms with van der Waals surface area (Å²) in [5, 5.41) is 3.14. The number of amides is 2. The summed E-state index contributed by atoms with van der Waals surface area (Å²) in [6.45, 7) is 3.50. The van der Waals surface area contributed by atoms with Crippen LogP contribution in [0.25, 0.3) is 0 Å². The molecule has 1 heterocycles. The summed E-state index contributed by atoms with van der Waals surface area (Å²) in [7, 11) is 0. The van der Waals surface area contributed by atoms with Crippen LogP contribution in [0.1, 0.15) is 24.0 Å². The Morgan fingerprint density at radius 3 is 2.26 bits per heavy atom. The number of benzene rings is 2. The molecule has 0 spiro atoms.